The third-order valence-corrected chi connectivity index (χ3v) is 3.87. The van der Waals surface area contributed by atoms with E-state index < -0.39 is 0 Å². The van der Waals surface area contributed by atoms with Crippen LogP contribution < -0.4 is 5.73 Å². The van der Waals surface area contributed by atoms with Crippen molar-refractivity contribution in [3.05, 3.63) is 30.1 Å². The summed E-state index contributed by atoms with van der Waals surface area (Å²) < 4.78 is 0. The minimum Gasteiger partial charge on any atom is -0.330 e. The molecule has 2 heterocycles. The lowest BCUT2D eigenvalue weighted by atomic mass is 10.1. The minimum absolute atomic E-state index is 0.568. The molecule has 1 aliphatic rings. The van der Waals surface area contributed by atoms with Crippen molar-refractivity contribution in [3.63, 3.8) is 0 Å². The summed E-state index contributed by atoms with van der Waals surface area (Å²) >= 11 is 0. The maximum absolute atomic E-state index is 5.75. The van der Waals surface area contributed by atoms with E-state index in [-0.39, 0.29) is 0 Å². The second-order valence-corrected chi connectivity index (χ2v) is 5.79. The second kappa shape index (κ2) is 6.98. The molecule has 106 valence electrons. The molecule has 1 saturated heterocycles. The first-order valence-corrected chi connectivity index (χ1v) is 7.21. The standard InChI is InChI=1S/C15H26N4/c1-13-9-18(2)15(6-7-16)12-19(10-13)11-14-5-3-4-8-17-14/h3-5,8,13,15H,6-7,9-12,16H2,1-2H3. The van der Waals surface area contributed by atoms with Crippen molar-refractivity contribution in [2.75, 3.05) is 33.2 Å². The van der Waals surface area contributed by atoms with Gasteiger partial charge in [-0.1, -0.05) is 13.0 Å². The molecule has 2 atom stereocenters. The van der Waals surface area contributed by atoms with Gasteiger partial charge in [-0.3, -0.25) is 9.88 Å². The third-order valence-electron chi connectivity index (χ3n) is 3.87. The van der Waals surface area contributed by atoms with Crippen LogP contribution in [0, 0.1) is 5.92 Å². The molecule has 0 amide bonds. The Labute approximate surface area is 116 Å². The van der Waals surface area contributed by atoms with E-state index in [0.717, 1.165) is 44.8 Å². The number of nitrogens with two attached hydrogens (primary N) is 1. The highest BCUT2D eigenvalue weighted by atomic mass is 15.2. The number of pyridine rings is 1. The van der Waals surface area contributed by atoms with Crippen LogP contribution in [0.1, 0.15) is 19.0 Å². The Morgan fingerprint density at radius 3 is 2.84 bits per heavy atom. The van der Waals surface area contributed by atoms with Crippen molar-refractivity contribution in [2.24, 2.45) is 11.7 Å². The molecular weight excluding hydrogens is 236 g/mol. The first-order chi connectivity index (χ1) is 9.19. The Hall–Kier alpha value is -0.970. The van der Waals surface area contributed by atoms with Crippen molar-refractivity contribution in [1.29, 1.82) is 0 Å². The smallest absolute Gasteiger partial charge is 0.0543 e. The van der Waals surface area contributed by atoms with Crippen molar-refractivity contribution in [2.45, 2.75) is 25.9 Å². The van der Waals surface area contributed by atoms with Gasteiger partial charge in [0.15, 0.2) is 0 Å². The van der Waals surface area contributed by atoms with Crippen molar-refractivity contribution >= 4 is 0 Å². The number of likely N-dealkylation sites (N-methyl/N-ethyl adjacent to an activating group) is 1. The Morgan fingerprint density at radius 2 is 2.16 bits per heavy atom. The van der Waals surface area contributed by atoms with Gasteiger partial charge in [-0.2, -0.15) is 0 Å². The summed E-state index contributed by atoms with van der Waals surface area (Å²) in [5, 5.41) is 0. The predicted octanol–water partition coefficient (Wildman–Crippen LogP) is 1.18. The van der Waals surface area contributed by atoms with Gasteiger partial charge < -0.3 is 10.6 Å². The maximum Gasteiger partial charge on any atom is 0.0543 e. The van der Waals surface area contributed by atoms with Crippen LogP contribution in [-0.4, -0.2) is 54.1 Å². The highest BCUT2D eigenvalue weighted by Crippen LogP contribution is 2.16. The molecule has 0 radical (unpaired) electrons. The van der Waals surface area contributed by atoms with E-state index in [0.29, 0.717) is 12.0 Å². The molecule has 1 aromatic heterocycles. The van der Waals surface area contributed by atoms with E-state index in [9.17, 15) is 0 Å². The first kappa shape index (κ1) is 14.4. The number of hydrogen-bond donors (Lipinski definition) is 1. The second-order valence-electron chi connectivity index (χ2n) is 5.79. The normalized spacial score (nSPS) is 26.3. The minimum atomic E-state index is 0.568. The van der Waals surface area contributed by atoms with Gasteiger partial charge in [0.05, 0.1) is 5.69 Å². The summed E-state index contributed by atoms with van der Waals surface area (Å²) in [6.45, 7) is 7.42. The molecule has 0 aliphatic carbocycles. The zero-order chi connectivity index (χ0) is 13.7. The van der Waals surface area contributed by atoms with Gasteiger partial charge in [-0.15, -0.1) is 0 Å². The topological polar surface area (TPSA) is 45.4 Å². The molecule has 19 heavy (non-hydrogen) atoms. The number of hydrogen-bond acceptors (Lipinski definition) is 4. The Balaban J connectivity index is 2.02. The quantitative estimate of drug-likeness (QED) is 0.885. The third kappa shape index (κ3) is 4.27. The van der Waals surface area contributed by atoms with Crippen LogP contribution in [0.2, 0.25) is 0 Å². The van der Waals surface area contributed by atoms with Crippen LogP contribution in [0.5, 0.6) is 0 Å². The maximum atomic E-state index is 5.75. The van der Waals surface area contributed by atoms with Crippen LogP contribution in [0.3, 0.4) is 0 Å². The zero-order valence-electron chi connectivity index (χ0n) is 12.1. The lowest BCUT2D eigenvalue weighted by Gasteiger charge is -2.28. The summed E-state index contributed by atoms with van der Waals surface area (Å²) in [6, 6.07) is 6.71. The molecule has 4 heteroatoms. The molecule has 1 aliphatic heterocycles. The Kier molecular flexibility index (Phi) is 5.31. The molecule has 2 N–H and O–H groups in total. The molecule has 0 bridgehead atoms. The fourth-order valence-electron chi connectivity index (χ4n) is 3.01. The largest absolute Gasteiger partial charge is 0.330 e. The molecule has 1 aromatic rings. The number of nitrogens with zero attached hydrogens (tertiary/aromatic N) is 3. The lowest BCUT2D eigenvalue weighted by Crippen LogP contribution is -2.40. The average molecular weight is 262 g/mol. The summed E-state index contributed by atoms with van der Waals surface area (Å²) in [4.78, 5) is 9.43. The van der Waals surface area contributed by atoms with Gasteiger partial charge in [-0.25, -0.2) is 0 Å². The van der Waals surface area contributed by atoms with E-state index in [1.54, 1.807) is 0 Å². The van der Waals surface area contributed by atoms with Gasteiger partial charge in [-0.05, 0) is 38.1 Å². The Morgan fingerprint density at radius 1 is 1.32 bits per heavy atom. The van der Waals surface area contributed by atoms with E-state index in [1.807, 2.05) is 12.3 Å². The fourth-order valence-corrected chi connectivity index (χ4v) is 3.01. The summed E-state index contributed by atoms with van der Waals surface area (Å²) in [5.41, 5.74) is 6.91. The summed E-state index contributed by atoms with van der Waals surface area (Å²) in [7, 11) is 2.22. The molecule has 0 aromatic carbocycles. The average Bonchev–Trinajstić information content (AvgIpc) is 2.50. The van der Waals surface area contributed by atoms with E-state index in [2.05, 4.69) is 40.9 Å². The van der Waals surface area contributed by atoms with Gasteiger partial charge in [0.2, 0.25) is 0 Å². The van der Waals surface area contributed by atoms with Crippen LogP contribution >= 0.6 is 0 Å². The predicted molar refractivity (Wildman–Crippen MR) is 78.8 cm³/mol. The molecule has 4 nitrogen and oxygen atoms in total. The van der Waals surface area contributed by atoms with Crippen LogP contribution in [-0.2, 0) is 6.54 Å². The first-order valence-electron chi connectivity index (χ1n) is 7.21. The van der Waals surface area contributed by atoms with E-state index >= 15 is 0 Å². The van der Waals surface area contributed by atoms with Crippen LogP contribution in [0.15, 0.2) is 24.4 Å². The van der Waals surface area contributed by atoms with Gasteiger partial charge in [0.1, 0.15) is 0 Å². The highest BCUT2D eigenvalue weighted by Gasteiger charge is 2.25. The summed E-state index contributed by atoms with van der Waals surface area (Å²) in [6.07, 6.45) is 2.95. The van der Waals surface area contributed by atoms with Crippen LogP contribution in [0.25, 0.3) is 0 Å². The summed E-state index contributed by atoms with van der Waals surface area (Å²) in [5.74, 6) is 0.691. The molecule has 1 fully saturated rings. The van der Waals surface area contributed by atoms with Gasteiger partial charge >= 0.3 is 0 Å². The molecular formula is C15H26N4. The van der Waals surface area contributed by atoms with Crippen molar-refractivity contribution in [3.8, 4) is 0 Å². The number of aromatic nitrogens is 1. The van der Waals surface area contributed by atoms with E-state index in [1.165, 1.54) is 0 Å². The molecule has 0 spiro atoms. The molecule has 0 saturated carbocycles. The highest BCUT2D eigenvalue weighted by molar-refractivity contribution is 5.03. The van der Waals surface area contributed by atoms with Crippen molar-refractivity contribution in [1.82, 2.24) is 14.8 Å². The van der Waals surface area contributed by atoms with Crippen LogP contribution in [0.4, 0.5) is 0 Å². The van der Waals surface area contributed by atoms with Crippen molar-refractivity contribution < 1.29 is 0 Å². The molecule has 2 unspecified atom stereocenters. The fraction of sp³-hybridized carbons (Fsp3) is 0.667. The lowest BCUT2D eigenvalue weighted by molar-refractivity contribution is 0.195. The Bertz CT molecular complexity index is 368. The van der Waals surface area contributed by atoms with Gasteiger partial charge in [0, 0.05) is 38.4 Å². The zero-order valence-corrected chi connectivity index (χ0v) is 12.1. The van der Waals surface area contributed by atoms with Gasteiger partial charge in [0.25, 0.3) is 0 Å². The SMILES string of the molecule is CC1CN(Cc2ccccn2)CC(CCN)N(C)C1. The molecule has 2 rings (SSSR count). The monoisotopic (exact) mass is 262 g/mol. The number of rotatable bonds is 4. The van der Waals surface area contributed by atoms with E-state index in [4.69, 9.17) is 5.73 Å².